The normalized spacial score (nSPS) is 48.7. The summed E-state index contributed by atoms with van der Waals surface area (Å²) < 4.78 is 263. The third-order valence-corrected chi connectivity index (χ3v) is 5.45. The maximum absolute atomic E-state index is 14.8. The van der Waals surface area contributed by atoms with Crippen LogP contribution >= 0.6 is 0 Å². The zero-order valence-electron chi connectivity index (χ0n) is 13.1. The van der Waals surface area contributed by atoms with Crippen molar-refractivity contribution >= 4 is 0 Å². The molecule has 2 saturated heterocycles. The molecule has 4 unspecified atom stereocenters. The summed E-state index contributed by atoms with van der Waals surface area (Å²) in [4.78, 5) is -4.29. The Kier molecular flexibility index (Phi) is 3.74. The van der Waals surface area contributed by atoms with Gasteiger partial charge in [-0.3, -0.25) is 0 Å². The molecule has 0 aromatic carbocycles. The number of rotatable bonds is 0. The molecule has 1 saturated carbocycles. The molecular weight excluding hydrogens is 507 g/mol. The second kappa shape index (κ2) is 4.78. The fraction of sp³-hybridized carbons (Fsp3) is 1.00. The molecule has 182 valence electrons. The van der Waals surface area contributed by atoms with Gasteiger partial charge < -0.3 is 0 Å². The maximum Gasteiger partial charge on any atom is 0.383 e. The fourth-order valence-corrected chi connectivity index (χ4v) is 3.82. The van der Waals surface area contributed by atoms with Crippen molar-refractivity contribution in [3.8, 4) is 0 Å². The highest BCUT2D eigenvalue weighted by Crippen LogP contribution is 2.83. The minimum atomic E-state index is -8.62. The van der Waals surface area contributed by atoms with Crippen molar-refractivity contribution in [2.24, 2.45) is 0 Å². The molecule has 31 heavy (non-hydrogen) atoms. The molecule has 0 amide bonds. The Hall–Kier alpha value is -1.37. The predicted molar refractivity (Wildman–Crippen MR) is 52.9 cm³/mol. The first-order valence-electron chi connectivity index (χ1n) is 7.01. The number of halogens is 19. The molecule has 2 aliphatic heterocycles. The third kappa shape index (κ3) is 1.52. The van der Waals surface area contributed by atoms with E-state index in [0.717, 1.165) is 0 Å². The summed E-state index contributed by atoms with van der Waals surface area (Å²) in [6.07, 6.45) is 0. The highest BCUT2D eigenvalue weighted by molar-refractivity contribution is 5.44. The van der Waals surface area contributed by atoms with Crippen LogP contribution in [0.15, 0.2) is 0 Å². The van der Waals surface area contributed by atoms with Crippen molar-refractivity contribution in [2.75, 3.05) is 0 Å². The third-order valence-electron chi connectivity index (χ3n) is 5.45. The lowest BCUT2D eigenvalue weighted by Crippen LogP contribution is -2.97. The minimum Gasteiger partial charge on any atom is -0.224 e. The van der Waals surface area contributed by atoms with E-state index in [1.807, 2.05) is 0 Å². The van der Waals surface area contributed by atoms with Crippen LogP contribution in [0.3, 0.4) is 0 Å². The number of hydrogen-bond acceptors (Lipinski definition) is 1. The maximum atomic E-state index is 14.8. The number of nitrogens with zero attached hydrogens (tertiary/aromatic N) is 1. The van der Waals surface area contributed by atoms with Gasteiger partial charge in [0.1, 0.15) is 0 Å². The van der Waals surface area contributed by atoms with E-state index in [9.17, 15) is 83.4 Å². The Morgan fingerprint density at radius 1 is 0.290 bits per heavy atom. The van der Waals surface area contributed by atoms with Gasteiger partial charge in [0.25, 0.3) is 11.5 Å². The van der Waals surface area contributed by atoms with Crippen LogP contribution < -0.4 is 0 Å². The molecule has 2 heterocycles. The summed E-state index contributed by atoms with van der Waals surface area (Å²) in [6.45, 7) is 0. The molecule has 1 aliphatic carbocycles. The monoisotopic (exact) mass is 507 g/mol. The highest BCUT2D eigenvalue weighted by Gasteiger charge is 3.17. The van der Waals surface area contributed by atoms with Crippen LogP contribution in [0.1, 0.15) is 0 Å². The molecule has 3 rings (SSSR count). The van der Waals surface area contributed by atoms with Crippen molar-refractivity contribution in [1.29, 1.82) is 0 Å². The summed E-state index contributed by atoms with van der Waals surface area (Å²) in [5.74, 6) is -58.5. The van der Waals surface area contributed by atoms with Crippen molar-refractivity contribution in [2.45, 2.75) is 64.8 Å². The van der Waals surface area contributed by atoms with Crippen molar-refractivity contribution in [3.05, 3.63) is 0 Å². The van der Waals surface area contributed by atoms with E-state index >= 15 is 0 Å². The van der Waals surface area contributed by atoms with Gasteiger partial charge in [-0.25, -0.2) is 13.2 Å². The standard InChI is InChI=1S/C11F19N/c12-1-3(14,15)2(13)5(18,19)11(29,30)31(10(2,27)28)9(1,26)8(24,25)7(22,23)6(20,21)4(1,16)17. The molecule has 4 atom stereocenters. The lowest BCUT2D eigenvalue weighted by Gasteiger charge is -2.63. The Balaban J connectivity index is 2.69. The summed E-state index contributed by atoms with van der Waals surface area (Å²) >= 11 is 0. The van der Waals surface area contributed by atoms with E-state index in [-0.39, 0.29) is 0 Å². The van der Waals surface area contributed by atoms with Gasteiger partial charge in [0.15, 0.2) is 0 Å². The average Bonchev–Trinajstić information content (AvgIpc) is 2.62. The Morgan fingerprint density at radius 3 is 1.03 bits per heavy atom. The Bertz CT molecular complexity index is 846. The zero-order chi connectivity index (χ0) is 25.1. The smallest absolute Gasteiger partial charge is 0.224 e. The number of piperidine rings is 1. The van der Waals surface area contributed by atoms with Gasteiger partial charge in [0, 0.05) is 0 Å². The van der Waals surface area contributed by atoms with Gasteiger partial charge in [-0.05, 0) is 0 Å². The summed E-state index contributed by atoms with van der Waals surface area (Å²) in [7, 11) is 0. The second-order valence-corrected chi connectivity index (χ2v) is 6.80. The molecule has 0 aromatic rings. The van der Waals surface area contributed by atoms with E-state index in [0.29, 0.717) is 0 Å². The first-order valence-corrected chi connectivity index (χ1v) is 7.01. The van der Waals surface area contributed by atoms with Crippen molar-refractivity contribution in [3.63, 3.8) is 0 Å². The van der Waals surface area contributed by atoms with Crippen molar-refractivity contribution < 1.29 is 83.4 Å². The minimum absolute atomic E-state index is 4.29. The van der Waals surface area contributed by atoms with Gasteiger partial charge in [0.2, 0.25) is 0 Å². The van der Waals surface area contributed by atoms with Crippen LogP contribution in [0.5, 0.6) is 0 Å². The molecule has 0 N–H and O–H groups in total. The van der Waals surface area contributed by atoms with Crippen LogP contribution in [0.25, 0.3) is 0 Å². The van der Waals surface area contributed by atoms with Crippen LogP contribution in [0.2, 0.25) is 0 Å². The molecule has 3 fully saturated rings. The van der Waals surface area contributed by atoms with E-state index in [1.165, 1.54) is 0 Å². The number of hydrogen-bond donors (Lipinski definition) is 0. The van der Waals surface area contributed by atoms with E-state index in [2.05, 4.69) is 0 Å². The van der Waals surface area contributed by atoms with Gasteiger partial charge in [-0.1, -0.05) is 0 Å². The molecule has 0 spiro atoms. The molecule has 20 heteroatoms. The van der Waals surface area contributed by atoms with E-state index < -0.39 is 69.7 Å². The molecule has 0 radical (unpaired) electrons. The first-order chi connectivity index (χ1) is 13.1. The summed E-state index contributed by atoms with van der Waals surface area (Å²) in [5.41, 5.74) is -16.7. The first kappa shape index (κ1) is 24.3. The number of fused-ring (bicyclic) bond motifs is 4. The average molecular weight is 507 g/mol. The van der Waals surface area contributed by atoms with Crippen LogP contribution in [-0.2, 0) is 0 Å². The van der Waals surface area contributed by atoms with Gasteiger partial charge in [0.05, 0.1) is 0 Å². The second-order valence-electron chi connectivity index (χ2n) is 6.80. The molecule has 2 bridgehead atoms. The van der Waals surface area contributed by atoms with Crippen LogP contribution in [0.4, 0.5) is 83.4 Å². The number of alkyl halides is 19. The van der Waals surface area contributed by atoms with Crippen LogP contribution in [0, 0.1) is 0 Å². The molecule has 0 aromatic heterocycles. The van der Waals surface area contributed by atoms with Crippen LogP contribution in [-0.4, -0.2) is 69.7 Å². The zero-order valence-corrected chi connectivity index (χ0v) is 13.1. The lowest BCUT2D eigenvalue weighted by atomic mass is 9.61. The fourth-order valence-electron chi connectivity index (χ4n) is 3.82. The quantitative estimate of drug-likeness (QED) is 0.314. The predicted octanol–water partition coefficient (Wildman–Crippen LogP) is 5.41. The van der Waals surface area contributed by atoms with Gasteiger partial charge >= 0.3 is 53.3 Å². The molecule has 1 nitrogen and oxygen atoms in total. The van der Waals surface area contributed by atoms with Crippen molar-refractivity contribution in [1.82, 2.24) is 4.90 Å². The van der Waals surface area contributed by atoms with Gasteiger partial charge in [-0.15, -0.1) is 4.90 Å². The summed E-state index contributed by atoms with van der Waals surface area (Å²) in [5, 5.41) is 0. The molecule has 3 aliphatic rings. The highest BCUT2D eigenvalue weighted by atomic mass is 19.4. The SMILES string of the molecule is FC1(F)N2C(F)(F)C(F)(C1(F)F)C(F)(F)C1(F)C(F)(F)C(F)(F)C(F)(F)C(F)(F)C21F. The lowest BCUT2D eigenvalue weighted by molar-refractivity contribution is -0.550. The Morgan fingerprint density at radius 2 is 0.645 bits per heavy atom. The molecular formula is C11F19N. The van der Waals surface area contributed by atoms with E-state index in [1.54, 1.807) is 0 Å². The van der Waals surface area contributed by atoms with E-state index in [4.69, 9.17) is 0 Å². The Labute approximate surface area is 154 Å². The topological polar surface area (TPSA) is 3.24 Å². The largest absolute Gasteiger partial charge is 0.383 e. The van der Waals surface area contributed by atoms with Gasteiger partial charge in [-0.2, -0.15) is 70.2 Å². The summed E-state index contributed by atoms with van der Waals surface area (Å²) in [6, 6.07) is -15.7.